The monoisotopic (exact) mass is 283 g/mol. The van der Waals surface area contributed by atoms with Gasteiger partial charge in [0.25, 0.3) is 0 Å². The van der Waals surface area contributed by atoms with E-state index in [2.05, 4.69) is 0 Å². The van der Waals surface area contributed by atoms with Gasteiger partial charge in [0, 0.05) is 18.1 Å². The number of carbonyl (C=O) groups is 1. The molecule has 0 N–H and O–H groups in total. The molecule has 0 spiro atoms. The molecule has 0 radical (unpaired) electrons. The van der Waals surface area contributed by atoms with Crippen LogP contribution in [0, 0.1) is 0 Å². The number of hydrogen-bond acceptors (Lipinski definition) is 2. The summed E-state index contributed by atoms with van der Waals surface area (Å²) in [7, 11) is 0. The third-order valence-electron chi connectivity index (χ3n) is 3.13. The van der Waals surface area contributed by atoms with Crippen molar-refractivity contribution in [1.82, 2.24) is 4.57 Å². The maximum absolute atomic E-state index is 12.7. The molecule has 0 aliphatic heterocycles. The van der Waals surface area contributed by atoms with E-state index in [0.717, 1.165) is 18.2 Å². The van der Waals surface area contributed by atoms with Crippen LogP contribution in [0.25, 0.3) is 10.9 Å². The Morgan fingerprint density at radius 3 is 2.45 bits per heavy atom. The average Bonchev–Trinajstić information content (AvgIpc) is 2.37. The van der Waals surface area contributed by atoms with E-state index in [1.165, 1.54) is 17.7 Å². The Bertz CT molecular complexity index is 744. The van der Waals surface area contributed by atoms with Crippen LogP contribution in [0.15, 0.2) is 29.2 Å². The van der Waals surface area contributed by atoms with Gasteiger partial charge in [-0.1, -0.05) is 0 Å². The summed E-state index contributed by atoms with van der Waals surface area (Å²) in [5, 5.41) is 0.118. The normalized spacial score (nSPS) is 11.8. The van der Waals surface area contributed by atoms with Crippen molar-refractivity contribution in [2.45, 2.75) is 26.6 Å². The molecule has 0 bridgehead atoms. The van der Waals surface area contributed by atoms with Gasteiger partial charge < -0.3 is 4.57 Å². The van der Waals surface area contributed by atoms with Gasteiger partial charge in [0.15, 0.2) is 11.2 Å². The molecule has 20 heavy (non-hydrogen) atoms. The second kappa shape index (κ2) is 4.77. The van der Waals surface area contributed by atoms with Crippen LogP contribution < -0.4 is 5.43 Å². The Kier molecular flexibility index (Phi) is 3.41. The van der Waals surface area contributed by atoms with Crippen LogP contribution >= 0.6 is 0 Å². The number of Topliss-reactive ketones (excluding diaryl/α,β-unsaturated/α-hetero) is 1. The van der Waals surface area contributed by atoms with Gasteiger partial charge in [-0.05, 0) is 32.0 Å². The number of carbonyl (C=O) groups excluding carboxylic acids is 1. The molecule has 2 aromatic rings. The topological polar surface area (TPSA) is 39.1 Å². The molecule has 0 aliphatic rings. The second-order valence-corrected chi connectivity index (χ2v) is 4.44. The fraction of sp³-hybridized carbons (Fsp3) is 0.286. The van der Waals surface area contributed by atoms with Crippen molar-refractivity contribution in [1.29, 1.82) is 0 Å². The Hall–Kier alpha value is -2.11. The number of rotatable bonds is 2. The molecule has 0 fully saturated rings. The van der Waals surface area contributed by atoms with Crippen molar-refractivity contribution in [2.75, 3.05) is 0 Å². The minimum absolute atomic E-state index is 0.0147. The van der Waals surface area contributed by atoms with E-state index in [9.17, 15) is 22.8 Å². The molecule has 1 heterocycles. The summed E-state index contributed by atoms with van der Waals surface area (Å²) in [5.74, 6) is -0.404. The summed E-state index contributed by atoms with van der Waals surface area (Å²) in [4.78, 5) is 23.5. The van der Waals surface area contributed by atoms with E-state index in [1.54, 1.807) is 6.92 Å². The van der Waals surface area contributed by atoms with Gasteiger partial charge in [-0.3, -0.25) is 9.59 Å². The molecule has 1 aromatic carbocycles. The lowest BCUT2D eigenvalue weighted by Gasteiger charge is -2.13. The van der Waals surface area contributed by atoms with Crippen molar-refractivity contribution in [3.8, 4) is 0 Å². The van der Waals surface area contributed by atoms with E-state index in [4.69, 9.17) is 0 Å². The standard InChI is InChI=1S/C14H12F3NO2/c1-3-18-7-11(8(2)19)13(20)10-5-4-9(6-12(10)18)14(15,16)17/h4-7H,3H2,1-2H3. The zero-order chi connectivity index (χ0) is 15.1. The van der Waals surface area contributed by atoms with E-state index in [-0.39, 0.29) is 16.5 Å². The lowest BCUT2D eigenvalue weighted by Crippen LogP contribution is -2.18. The molecule has 1 aromatic heterocycles. The molecular weight excluding hydrogens is 271 g/mol. The first kappa shape index (κ1) is 14.3. The van der Waals surface area contributed by atoms with E-state index in [1.807, 2.05) is 0 Å². The Morgan fingerprint density at radius 1 is 1.30 bits per heavy atom. The van der Waals surface area contributed by atoms with Gasteiger partial charge in [0.1, 0.15) is 0 Å². The summed E-state index contributed by atoms with van der Waals surface area (Å²) in [6.45, 7) is 3.35. The number of alkyl halides is 3. The Labute approximate surface area is 112 Å². The fourth-order valence-corrected chi connectivity index (χ4v) is 2.08. The molecule has 6 heteroatoms. The van der Waals surface area contributed by atoms with Crippen LogP contribution in [-0.2, 0) is 12.7 Å². The van der Waals surface area contributed by atoms with Gasteiger partial charge in [-0.25, -0.2) is 0 Å². The number of fused-ring (bicyclic) bond motifs is 1. The van der Waals surface area contributed by atoms with Crippen LogP contribution in [0.4, 0.5) is 13.2 Å². The van der Waals surface area contributed by atoms with Crippen molar-refractivity contribution in [2.24, 2.45) is 0 Å². The highest BCUT2D eigenvalue weighted by Gasteiger charge is 2.31. The number of nitrogens with zero attached hydrogens (tertiary/aromatic N) is 1. The molecule has 0 atom stereocenters. The first-order valence-corrected chi connectivity index (χ1v) is 6.01. The van der Waals surface area contributed by atoms with Crippen molar-refractivity contribution >= 4 is 16.7 Å². The summed E-state index contributed by atoms with van der Waals surface area (Å²) in [5.41, 5.74) is -1.19. The first-order chi connectivity index (χ1) is 9.25. The fourth-order valence-electron chi connectivity index (χ4n) is 2.08. The van der Waals surface area contributed by atoms with Gasteiger partial charge in [-0.15, -0.1) is 0 Å². The first-order valence-electron chi connectivity index (χ1n) is 6.01. The summed E-state index contributed by atoms with van der Waals surface area (Å²) in [6.07, 6.45) is -3.16. The average molecular weight is 283 g/mol. The molecular formula is C14H12F3NO2. The molecule has 0 unspecified atom stereocenters. The highest BCUT2D eigenvalue weighted by atomic mass is 19.4. The van der Waals surface area contributed by atoms with E-state index < -0.39 is 23.0 Å². The highest BCUT2D eigenvalue weighted by Crippen LogP contribution is 2.30. The molecule has 0 amide bonds. The summed E-state index contributed by atoms with van der Waals surface area (Å²) >= 11 is 0. The van der Waals surface area contributed by atoms with E-state index >= 15 is 0 Å². The smallest absolute Gasteiger partial charge is 0.347 e. The van der Waals surface area contributed by atoms with Crippen LogP contribution in [0.1, 0.15) is 29.8 Å². The quantitative estimate of drug-likeness (QED) is 0.794. The van der Waals surface area contributed by atoms with Crippen LogP contribution in [-0.4, -0.2) is 10.4 Å². The largest absolute Gasteiger partial charge is 0.416 e. The second-order valence-electron chi connectivity index (χ2n) is 4.44. The maximum atomic E-state index is 12.7. The molecule has 3 nitrogen and oxygen atoms in total. The zero-order valence-corrected chi connectivity index (χ0v) is 10.9. The Morgan fingerprint density at radius 2 is 1.95 bits per heavy atom. The lowest BCUT2D eigenvalue weighted by molar-refractivity contribution is -0.137. The minimum atomic E-state index is -4.47. The van der Waals surface area contributed by atoms with Crippen molar-refractivity contribution in [3.05, 3.63) is 45.7 Å². The van der Waals surface area contributed by atoms with Gasteiger partial charge in [0.2, 0.25) is 0 Å². The molecule has 0 saturated heterocycles. The lowest BCUT2D eigenvalue weighted by atomic mass is 10.1. The van der Waals surface area contributed by atoms with Crippen LogP contribution in [0.5, 0.6) is 0 Å². The molecule has 0 aliphatic carbocycles. The summed E-state index contributed by atoms with van der Waals surface area (Å²) < 4.78 is 39.6. The Balaban J connectivity index is 2.87. The minimum Gasteiger partial charge on any atom is -0.347 e. The number of hydrogen-bond donors (Lipinski definition) is 0. The van der Waals surface area contributed by atoms with Crippen LogP contribution in [0.2, 0.25) is 0 Å². The summed E-state index contributed by atoms with van der Waals surface area (Å²) in [6, 6.07) is 2.91. The molecule has 106 valence electrons. The number of benzene rings is 1. The number of ketones is 1. The van der Waals surface area contributed by atoms with Gasteiger partial charge in [-0.2, -0.15) is 13.2 Å². The van der Waals surface area contributed by atoms with Gasteiger partial charge in [0.05, 0.1) is 16.6 Å². The predicted molar refractivity (Wildman–Crippen MR) is 68.9 cm³/mol. The number of aryl methyl sites for hydroxylation is 1. The number of aromatic nitrogens is 1. The maximum Gasteiger partial charge on any atom is 0.416 e. The SMILES string of the molecule is CCn1cc(C(C)=O)c(=O)c2ccc(C(F)(F)F)cc21. The third-order valence-corrected chi connectivity index (χ3v) is 3.13. The number of halogens is 3. The zero-order valence-electron chi connectivity index (χ0n) is 10.9. The van der Waals surface area contributed by atoms with E-state index in [0.29, 0.717) is 6.54 Å². The number of pyridine rings is 1. The van der Waals surface area contributed by atoms with Crippen molar-refractivity contribution in [3.63, 3.8) is 0 Å². The molecule has 2 rings (SSSR count). The third kappa shape index (κ3) is 2.33. The predicted octanol–water partition coefficient (Wildman–Crippen LogP) is 3.24. The van der Waals surface area contributed by atoms with Crippen molar-refractivity contribution < 1.29 is 18.0 Å². The van der Waals surface area contributed by atoms with Gasteiger partial charge >= 0.3 is 6.18 Å². The highest BCUT2D eigenvalue weighted by molar-refractivity contribution is 5.97. The van der Waals surface area contributed by atoms with Crippen LogP contribution in [0.3, 0.4) is 0 Å². The molecule has 0 saturated carbocycles.